The van der Waals surface area contributed by atoms with Crippen LogP contribution in [0.15, 0.2) is 38.0 Å². The van der Waals surface area contributed by atoms with Crippen molar-refractivity contribution >= 4 is 0 Å². The maximum Gasteiger partial charge on any atom is 0.542 e. The molecular weight excluding hydrogens is 213 g/mol. The van der Waals surface area contributed by atoms with Gasteiger partial charge < -0.3 is 4.42 Å². The molecule has 0 N–H and O–H groups in total. The van der Waals surface area contributed by atoms with E-state index in [4.69, 9.17) is 0 Å². The van der Waals surface area contributed by atoms with Gasteiger partial charge in [0.15, 0.2) is 0 Å². The number of hydrogen-bond donors (Lipinski definition) is 0. The minimum atomic E-state index is -0.781. The molecule has 4 nitrogen and oxygen atoms in total. The average Bonchev–Trinajstić information content (AvgIpc) is 2.67. The molecule has 0 saturated heterocycles. The molecule has 16 heavy (non-hydrogen) atoms. The van der Waals surface area contributed by atoms with Gasteiger partial charge in [0, 0.05) is 6.42 Å². The Kier molecular flexibility index (Phi) is 3.14. The van der Waals surface area contributed by atoms with Crippen molar-refractivity contribution in [1.29, 1.82) is 0 Å². The Bertz CT molecular complexity index is 500. The van der Waals surface area contributed by atoms with Crippen LogP contribution in [-0.4, -0.2) is 5.16 Å². The lowest BCUT2D eigenvalue weighted by Gasteiger charge is -1.98. The molecule has 1 aromatic carbocycles. The van der Waals surface area contributed by atoms with E-state index >= 15 is 0 Å². The molecule has 0 saturated carbocycles. The van der Waals surface area contributed by atoms with Gasteiger partial charge in [0.2, 0.25) is 5.89 Å². The molecule has 84 valence electrons. The van der Waals surface area contributed by atoms with Gasteiger partial charge in [0.25, 0.3) is 0 Å². The lowest BCUT2D eigenvalue weighted by atomic mass is 10.1. The van der Waals surface area contributed by atoms with Crippen LogP contribution >= 0.6 is 0 Å². The van der Waals surface area contributed by atoms with Crippen LogP contribution in [0.25, 0.3) is 0 Å². The first-order valence-electron chi connectivity index (χ1n) is 4.94. The summed E-state index contributed by atoms with van der Waals surface area (Å²) in [5.41, 5.74) is 1.03. The van der Waals surface area contributed by atoms with Gasteiger partial charge in [-0.05, 0) is 35.7 Å². The third kappa shape index (κ3) is 2.79. The monoisotopic (exact) mass is 223 g/mol. The highest BCUT2D eigenvalue weighted by atomic mass is 19.1. The number of halogens is 1. The molecule has 0 amide bonds. The summed E-state index contributed by atoms with van der Waals surface area (Å²) >= 11 is 0. The number of aryl methyl sites for hydroxylation is 2. The largest absolute Gasteiger partial charge is 0.542 e. The molecular formula is C11H10FNO3. The van der Waals surface area contributed by atoms with Gasteiger partial charge in [-0.15, -0.1) is 0 Å². The first-order chi connectivity index (χ1) is 7.74. The molecule has 2 rings (SSSR count). The molecule has 0 aliphatic rings. The zero-order chi connectivity index (χ0) is 11.4. The molecule has 0 spiro atoms. The number of rotatable bonds is 4. The molecule has 2 aromatic rings. The zero-order valence-corrected chi connectivity index (χ0v) is 8.48. The van der Waals surface area contributed by atoms with E-state index in [-0.39, 0.29) is 5.82 Å². The molecule has 0 bridgehead atoms. The summed E-state index contributed by atoms with van der Waals surface area (Å²) in [6.07, 6.45) is 2.07. The van der Waals surface area contributed by atoms with Crippen LogP contribution in [0.3, 0.4) is 0 Å². The van der Waals surface area contributed by atoms with Crippen molar-refractivity contribution in [2.24, 2.45) is 0 Å². The Hall–Kier alpha value is -1.91. The first-order valence-corrected chi connectivity index (χ1v) is 4.94. The second-order valence-electron chi connectivity index (χ2n) is 3.41. The Morgan fingerprint density at radius 1 is 1.19 bits per heavy atom. The second-order valence-corrected chi connectivity index (χ2v) is 3.41. The van der Waals surface area contributed by atoms with Crippen molar-refractivity contribution in [3.8, 4) is 0 Å². The van der Waals surface area contributed by atoms with E-state index in [1.54, 1.807) is 12.1 Å². The molecule has 0 aliphatic heterocycles. The van der Waals surface area contributed by atoms with Crippen molar-refractivity contribution in [3.05, 3.63) is 52.2 Å². The van der Waals surface area contributed by atoms with Crippen LogP contribution in [0.1, 0.15) is 17.9 Å². The van der Waals surface area contributed by atoms with E-state index in [2.05, 4.69) is 14.1 Å². The summed E-state index contributed by atoms with van der Waals surface area (Å²) < 4.78 is 21.5. The highest BCUT2D eigenvalue weighted by Gasteiger charge is 2.03. The van der Waals surface area contributed by atoms with Crippen LogP contribution in [-0.2, 0) is 12.8 Å². The van der Waals surface area contributed by atoms with Gasteiger partial charge >= 0.3 is 5.82 Å². The van der Waals surface area contributed by atoms with E-state index in [0.29, 0.717) is 12.3 Å². The number of benzene rings is 1. The molecule has 5 heteroatoms. The van der Waals surface area contributed by atoms with Gasteiger partial charge in [-0.2, -0.15) is 0 Å². The Morgan fingerprint density at radius 2 is 1.94 bits per heavy atom. The predicted molar refractivity (Wildman–Crippen MR) is 53.5 cm³/mol. The maximum atomic E-state index is 12.6. The molecule has 0 atom stereocenters. The van der Waals surface area contributed by atoms with Gasteiger partial charge in [-0.25, -0.2) is 9.18 Å². The highest BCUT2D eigenvalue weighted by molar-refractivity contribution is 5.16. The van der Waals surface area contributed by atoms with Crippen molar-refractivity contribution in [3.63, 3.8) is 0 Å². The van der Waals surface area contributed by atoms with Crippen LogP contribution in [0.4, 0.5) is 4.39 Å². The SMILES string of the molecule is O=c1onc(CCCc2ccc(F)cc2)o1. The maximum absolute atomic E-state index is 12.6. The van der Waals surface area contributed by atoms with E-state index in [1.807, 2.05) is 0 Å². The summed E-state index contributed by atoms with van der Waals surface area (Å²) in [6.45, 7) is 0. The van der Waals surface area contributed by atoms with Crippen molar-refractivity contribution < 1.29 is 13.3 Å². The van der Waals surface area contributed by atoms with E-state index < -0.39 is 5.82 Å². The Morgan fingerprint density at radius 3 is 2.56 bits per heavy atom. The summed E-state index contributed by atoms with van der Waals surface area (Å²) in [5.74, 6) is -0.727. The Balaban J connectivity index is 1.84. The summed E-state index contributed by atoms with van der Waals surface area (Å²) in [4.78, 5) is 10.5. The minimum Gasteiger partial charge on any atom is -0.375 e. The third-order valence-corrected chi connectivity index (χ3v) is 2.19. The van der Waals surface area contributed by atoms with Gasteiger partial charge in [-0.3, -0.25) is 4.52 Å². The van der Waals surface area contributed by atoms with Gasteiger partial charge in [0.1, 0.15) is 5.82 Å². The summed E-state index contributed by atoms with van der Waals surface area (Å²) in [7, 11) is 0. The summed E-state index contributed by atoms with van der Waals surface area (Å²) in [6, 6.07) is 6.31. The minimum absolute atomic E-state index is 0.244. The number of hydrogen-bond acceptors (Lipinski definition) is 4. The van der Waals surface area contributed by atoms with E-state index in [0.717, 1.165) is 18.4 Å². The molecule has 1 aromatic heterocycles. The van der Waals surface area contributed by atoms with E-state index in [9.17, 15) is 9.18 Å². The predicted octanol–water partition coefficient (Wildman–Crippen LogP) is 1.94. The van der Waals surface area contributed by atoms with Crippen molar-refractivity contribution in [2.75, 3.05) is 0 Å². The molecule has 0 aliphatic carbocycles. The summed E-state index contributed by atoms with van der Waals surface area (Å²) in [5, 5.41) is 3.45. The van der Waals surface area contributed by atoms with Crippen LogP contribution in [0, 0.1) is 5.82 Å². The van der Waals surface area contributed by atoms with Gasteiger partial charge in [-0.1, -0.05) is 12.1 Å². The molecule has 0 unspecified atom stereocenters. The van der Waals surface area contributed by atoms with Gasteiger partial charge in [0.05, 0.1) is 0 Å². The third-order valence-electron chi connectivity index (χ3n) is 2.19. The van der Waals surface area contributed by atoms with E-state index in [1.165, 1.54) is 12.1 Å². The standard InChI is InChI=1S/C11H10FNO3/c12-9-6-4-8(5-7-9)2-1-3-10-13-16-11(14)15-10/h4-7H,1-3H2. The molecule has 0 fully saturated rings. The topological polar surface area (TPSA) is 56.2 Å². The highest BCUT2D eigenvalue weighted by Crippen LogP contribution is 2.07. The Labute approximate surface area is 90.7 Å². The quantitative estimate of drug-likeness (QED) is 0.794. The van der Waals surface area contributed by atoms with Crippen LogP contribution in [0.2, 0.25) is 0 Å². The fraction of sp³-hybridized carbons (Fsp3) is 0.273. The van der Waals surface area contributed by atoms with Crippen molar-refractivity contribution in [2.45, 2.75) is 19.3 Å². The lowest BCUT2D eigenvalue weighted by Crippen LogP contribution is -1.91. The first kappa shape index (κ1) is 10.6. The fourth-order valence-electron chi connectivity index (χ4n) is 1.41. The second kappa shape index (κ2) is 4.74. The normalized spacial score (nSPS) is 10.6. The number of aromatic nitrogens is 1. The molecule has 0 radical (unpaired) electrons. The lowest BCUT2D eigenvalue weighted by molar-refractivity contribution is 0.334. The molecule has 1 heterocycles. The van der Waals surface area contributed by atoms with Crippen molar-refractivity contribution in [1.82, 2.24) is 5.16 Å². The zero-order valence-electron chi connectivity index (χ0n) is 8.48. The van der Waals surface area contributed by atoms with Crippen LogP contribution < -0.4 is 5.82 Å². The average molecular weight is 223 g/mol. The smallest absolute Gasteiger partial charge is 0.375 e. The number of nitrogens with zero attached hydrogens (tertiary/aromatic N) is 1. The fourth-order valence-corrected chi connectivity index (χ4v) is 1.41. The van der Waals surface area contributed by atoms with Crippen LogP contribution in [0.5, 0.6) is 0 Å².